The average Bonchev–Trinajstić information content (AvgIpc) is 2.01. The second-order valence-corrected chi connectivity index (χ2v) is 2.78. The van der Waals surface area contributed by atoms with Crippen molar-refractivity contribution < 1.29 is 13.2 Å². The molecule has 1 N–H and O–H groups in total. The van der Waals surface area contributed by atoms with E-state index in [1.165, 1.54) is 0 Å². The summed E-state index contributed by atoms with van der Waals surface area (Å²) in [5.41, 5.74) is -0.757. The third-order valence-electron chi connectivity index (χ3n) is 1.20. The Labute approximate surface area is 79.1 Å². The van der Waals surface area contributed by atoms with Crippen LogP contribution in [-0.4, -0.2) is 9.97 Å². The van der Waals surface area contributed by atoms with Gasteiger partial charge in [-0.05, 0) is 0 Å². The minimum absolute atomic E-state index is 0.0519. The molecule has 0 aliphatic carbocycles. The van der Waals surface area contributed by atoms with Crippen LogP contribution in [0.2, 0.25) is 0 Å². The molecule has 0 aliphatic rings. The van der Waals surface area contributed by atoms with Crippen molar-refractivity contribution in [1.82, 2.24) is 9.97 Å². The number of H-pyrrole nitrogens is 1. The molecule has 0 saturated carbocycles. The van der Waals surface area contributed by atoms with Gasteiger partial charge < -0.3 is 4.98 Å². The lowest BCUT2D eigenvalue weighted by molar-refractivity contribution is -0.145. The molecule has 0 bridgehead atoms. The first-order valence-corrected chi connectivity index (χ1v) is 4.29. The molecule has 1 heterocycles. The van der Waals surface area contributed by atoms with Crippen LogP contribution in [0.1, 0.15) is 11.5 Å². The molecule has 7 heteroatoms. The van der Waals surface area contributed by atoms with Crippen LogP contribution in [0.4, 0.5) is 13.2 Å². The zero-order chi connectivity index (χ0) is 10.1. The number of alkyl halides is 4. The Bertz CT molecular complexity index is 360. The second-order valence-electron chi connectivity index (χ2n) is 2.22. The van der Waals surface area contributed by atoms with E-state index in [9.17, 15) is 18.0 Å². The van der Waals surface area contributed by atoms with E-state index in [0.29, 0.717) is 0 Å². The first-order valence-electron chi connectivity index (χ1n) is 3.17. The molecule has 72 valence electrons. The van der Waals surface area contributed by atoms with Crippen LogP contribution < -0.4 is 5.56 Å². The van der Waals surface area contributed by atoms with Crippen molar-refractivity contribution in [3.63, 3.8) is 0 Å². The first-order chi connectivity index (χ1) is 5.93. The van der Waals surface area contributed by atoms with Crippen molar-refractivity contribution in [2.24, 2.45) is 0 Å². The zero-order valence-electron chi connectivity index (χ0n) is 6.15. The van der Waals surface area contributed by atoms with E-state index in [1.54, 1.807) is 4.98 Å². The normalized spacial score (nSPS) is 11.7. The summed E-state index contributed by atoms with van der Waals surface area (Å²) in [7, 11) is 0. The topological polar surface area (TPSA) is 45.8 Å². The number of rotatable bonds is 1. The summed E-state index contributed by atoms with van der Waals surface area (Å²) in [4.78, 5) is 15.5. The molecule has 1 aromatic rings. The van der Waals surface area contributed by atoms with Crippen LogP contribution in [0, 0.1) is 0 Å². The third-order valence-corrected chi connectivity index (χ3v) is 1.77. The maximum Gasteiger partial charge on any atom is 0.449 e. The maximum absolute atomic E-state index is 12.0. The Morgan fingerprint density at radius 3 is 2.62 bits per heavy atom. The summed E-state index contributed by atoms with van der Waals surface area (Å²) in [5.74, 6) is -1.27. The Morgan fingerprint density at radius 1 is 1.54 bits per heavy atom. The van der Waals surface area contributed by atoms with Gasteiger partial charge in [0.2, 0.25) is 5.82 Å². The molecule has 0 radical (unpaired) electrons. The quantitative estimate of drug-likeness (QED) is 0.778. The Balaban J connectivity index is 3.24. The second kappa shape index (κ2) is 3.49. The number of aromatic nitrogens is 2. The fourth-order valence-electron chi connectivity index (χ4n) is 0.711. The average molecular weight is 257 g/mol. The summed E-state index contributed by atoms with van der Waals surface area (Å²) in [6.45, 7) is 0. The lowest BCUT2D eigenvalue weighted by Crippen LogP contribution is -2.19. The molecule has 0 aromatic carbocycles. The maximum atomic E-state index is 12.0. The summed E-state index contributed by atoms with van der Waals surface area (Å²) in [5, 5.41) is 0.111. The molecule has 0 saturated heterocycles. The molecule has 0 atom stereocenters. The highest BCUT2D eigenvalue weighted by atomic mass is 79.9. The van der Waals surface area contributed by atoms with Gasteiger partial charge in [-0.3, -0.25) is 4.79 Å². The van der Waals surface area contributed by atoms with Gasteiger partial charge in [0.05, 0.1) is 5.69 Å². The summed E-state index contributed by atoms with van der Waals surface area (Å²) in [6.07, 6.45) is -4.61. The molecular weight excluding hydrogens is 253 g/mol. The first kappa shape index (κ1) is 10.2. The minimum atomic E-state index is -4.61. The number of hydrogen-bond acceptors (Lipinski definition) is 2. The van der Waals surface area contributed by atoms with E-state index in [-0.39, 0.29) is 11.0 Å². The van der Waals surface area contributed by atoms with E-state index in [0.717, 1.165) is 6.07 Å². The lowest BCUT2D eigenvalue weighted by atomic mass is 10.4. The standard InChI is InChI=1S/C6H4BrF3N2O/c7-2-3-1-4(13)12-5(11-3)6(8,9)10/h1H,2H2,(H,11,12,13). The fraction of sp³-hybridized carbons (Fsp3) is 0.333. The van der Waals surface area contributed by atoms with Crippen LogP contribution >= 0.6 is 15.9 Å². The summed E-state index contributed by atoms with van der Waals surface area (Å²) < 4.78 is 36.1. The van der Waals surface area contributed by atoms with Gasteiger partial charge in [0.1, 0.15) is 0 Å². The Morgan fingerprint density at radius 2 is 2.15 bits per heavy atom. The highest BCUT2D eigenvalue weighted by molar-refractivity contribution is 9.08. The van der Waals surface area contributed by atoms with Crippen molar-refractivity contribution in [3.8, 4) is 0 Å². The van der Waals surface area contributed by atoms with Gasteiger partial charge in [0.15, 0.2) is 0 Å². The van der Waals surface area contributed by atoms with Gasteiger partial charge in [0.25, 0.3) is 5.56 Å². The van der Waals surface area contributed by atoms with Gasteiger partial charge in [-0.15, -0.1) is 0 Å². The SMILES string of the molecule is O=c1cc(CBr)nc(C(F)(F)F)[nH]1. The van der Waals surface area contributed by atoms with E-state index in [2.05, 4.69) is 20.9 Å². The molecule has 0 aliphatic heterocycles. The monoisotopic (exact) mass is 256 g/mol. The molecule has 0 spiro atoms. The van der Waals surface area contributed by atoms with E-state index in [4.69, 9.17) is 0 Å². The van der Waals surface area contributed by atoms with Crippen LogP contribution in [0.3, 0.4) is 0 Å². The smallest absolute Gasteiger partial charge is 0.303 e. The van der Waals surface area contributed by atoms with E-state index < -0.39 is 17.6 Å². The predicted molar refractivity (Wildman–Crippen MR) is 42.5 cm³/mol. The number of nitrogens with one attached hydrogen (secondary N) is 1. The van der Waals surface area contributed by atoms with Crippen molar-refractivity contribution in [2.75, 3.05) is 0 Å². The van der Waals surface area contributed by atoms with Crippen LogP contribution in [-0.2, 0) is 11.5 Å². The number of halogens is 4. The van der Waals surface area contributed by atoms with Gasteiger partial charge in [0, 0.05) is 11.4 Å². The van der Waals surface area contributed by atoms with Crippen molar-refractivity contribution in [3.05, 3.63) is 27.9 Å². The van der Waals surface area contributed by atoms with E-state index in [1.807, 2.05) is 0 Å². The molecular formula is C6H4BrF3N2O. The lowest BCUT2D eigenvalue weighted by Gasteiger charge is -2.05. The zero-order valence-corrected chi connectivity index (χ0v) is 7.74. The third kappa shape index (κ3) is 2.55. The molecule has 1 rings (SSSR count). The number of aromatic amines is 1. The Hall–Kier alpha value is -0.850. The summed E-state index contributed by atoms with van der Waals surface area (Å²) >= 11 is 2.91. The predicted octanol–water partition coefficient (Wildman–Crippen LogP) is 1.68. The fourth-order valence-corrected chi connectivity index (χ4v) is 0.998. The molecule has 3 nitrogen and oxygen atoms in total. The van der Waals surface area contributed by atoms with Gasteiger partial charge in [-0.1, -0.05) is 15.9 Å². The van der Waals surface area contributed by atoms with Gasteiger partial charge >= 0.3 is 6.18 Å². The minimum Gasteiger partial charge on any atom is -0.303 e. The summed E-state index contributed by atoms with van der Waals surface area (Å²) in [6, 6.07) is 1.00. The number of hydrogen-bond donors (Lipinski definition) is 1. The molecule has 0 amide bonds. The molecule has 13 heavy (non-hydrogen) atoms. The van der Waals surface area contributed by atoms with Crippen molar-refractivity contribution in [2.45, 2.75) is 11.5 Å². The van der Waals surface area contributed by atoms with Crippen LogP contribution in [0.25, 0.3) is 0 Å². The highest BCUT2D eigenvalue weighted by Gasteiger charge is 2.34. The van der Waals surface area contributed by atoms with Gasteiger partial charge in [-0.25, -0.2) is 4.98 Å². The Kier molecular flexibility index (Phi) is 2.74. The van der Waals surface area contributed by atoms with Crippen molar-refractivity contribution in [1.29, 1.82) is 0 Å². The van der Waals surface area contributed by atoms with Gasteiger partial charge in [-0.2, -0.15) is 13.2 Å². The number of nitrogens with zero attached hydrogens (tertiary/aromatic N) is 1. The van der Waals surface area contributed by atoms with Crippen molar-refractivity contribution >= 4 is 15.9 Å². The highest BCUT2D eigenvalue weighted by Crippen LogP contribution is 2.25. The molecule has 0 fully saturated rings. The largest absolute Gasteiger partial charge is 0.449 e. The molecule has 0 unspecified atom stereocenters. The van der Waals surface area contributed by atoms with Crippen LogP contribution in [0.5, 0.6) is 0 Å². The molecule has 1 aromatic heterocycles. The van der Waals surface area contributed by atoms with E-state index >= 15 is 0 Å². The van der Waals surface area contributed by atoms with Crippen LogP contribution in [0.15, 0.2) is 10.9 Å².